The van der Waals surface area contributed by atoms with Gasteiger partial charge >= 0.3 is 0 Å². The smallest absolute Gasteiger partial charge is 0.261 e. The Hall–Kier alpha value is -1.88. The Kier molecular flexibility index (Phi) is 6.94. The summed E-state index contributed by atoms with van der Waals surface area (Å²) in [6, 6.07) is 11.8. The molecule has 1 saturated heterocycles. The molecule has 1 fully saturated rings. The van der Waals surface area contributed by atoms with Crippen molar-refractivity contribution in [1.82, 2.24) is 14.5 Å². The molecule has 2 aromatic carbocycles. The zero-order valence-electron chi connectivity index (χ0n) is 19.2. The van der Waals surface area contributed by atoms with Gasteiger partial charge in [-0.3, -0.25) is 9.36 Å². The number of hydrogen-bond donors (Lipinski definition) is 0. The van der Waals surface area contributed by atoms with E-state index in [-0.39, 0.29) is 11.5 Å². The first kappa shape index (κ1) is 23.3. The average Bonchev–Trinajstić information content (AvgIpc) is 2.74. The summed E-state index contributed by atoms with van der Waals surface area (Å²) in [5.74, 6) is 1.49. The molecular weight excluding hydrogens is 441 g/mol. The molecular formula is C26H31Cl2N3O. The Bertz CT molecular complexity index is 1170. The van der Waals surface area contributed by atoms with Crippen molar-refractivity contribution in [3.63, 3.8) is 0 Å². The third-order valence-corrected chi connectivity index (χ3v) is 6.85. The van der Waals surface area contributed by atoms with Crippen LogP contribution >= 0.6 is 23.2 Å². The molecule has 4 nitrogen and oxygen atoms in total. The zero-order chi connectivity index (χ0) is 23.0. The van der Waals surface area contributed by atoms with Crippen molar-refractivity contribution in [3.8, 4) is 11.1 Å². The van der Waals surface area contributed by atoms with E-state index >= 15 is 0 Å². The van der Waals surface area contributed by atoms with Gasteiger partial charge in [0.05, 0.1) is 10.9 Å². The molecule has 0 N–H and O–H groups in total. The van der Waals surface area contributed by atoms with Gasteiger partial charge in [-0.25, -0.2) is 4.98 Å². The molecule has 1 aliphatic rings. The van der Waals surface area contributed by atoms with Gasteiger partial charge in [0.15, 0.2) is 0 Å². The quantitative estimate of drug-likeness (QED) is 0.419. The predicted molar refractivity (Wildman–Crippen MR) is 135 cm³/mol. The predicted octanol–water partition coefficient (Wildman–Crippen LogP) is 6.61. The lowest BCUT2D eigenvalue weighted by Gasteiger charge is -2.36. The third-order valence-electron chi connectivity index (χ3n) is 6.42. The molecule has 0 saturated carbocycles. The highest BCUT2D eigenvalue weighted by Gasteiger charge is 2.24. The third kappa shape index (κ3) is 4.88. The second kappa shape index (κ2) is 9.54. The van der Waals surface area contributed by atoms with Crippen LogP contribution in [-0.4, -0.2) is 33.6 Å². The van der Waals surface area contributed by atoms with Crippen LogP contribution in [0, 0.1) is 5.92 Å². The lowest BCUT2D eigenvalue weighted by atomic mass is 9.96. The Morgan fingerprint density at radius 2 is 1.75 bits per heavy atom. The van der Waals surface area contributed by atoms with E-state index in [1.54, 1.807) is 6.07 Å². The summed E-state index contributed by atoms with van der Waals surface area (Å²) < 4.78 is 1.93. The van der Waals surface area contributed by atoms with Crippen LogP contribution in [-0.2, 0) is 6.54 Å². The van der Waals surface area contributed by atoms with E-state index in [1.165, 1.54) is 6.42 Å². The number of halogens is 2. The number of benzene rings is 2. The fraction of sp³-hybridized carbons (Fsp3) is 0.462. The van der Waals surface area contributed by atoms with Gasteiger partial charge in [0.25, 0.3) is 5.56 Å². The fourth-order valence-corrected chi connectivity index (χ4v) is 5.25. The van der Waals surface area contributed by atoms with Crippen LogP contribution in [0.25, 0.3) is 22.0 Å². The van der Waals surface area contributed by atoms with Gasteiger partial charge in [0.2, 0.25) is 0 Å². The van der Waals surface area contributed by atoms with E-state index in [9.17, 15) is 4.79 Å². The van der Waals surface area contributed by atoms with E-state index in [0.29, 0.717) is 33.9 Å². The maximum absolute atomic E-state index is 13.7. The van der Waals surface area contributed by atoms with Crippen molar-refractivity contribution < 1.29 is 0 Å². The van der Waals surface area contributed by atoms with Crippen LogP contribution in [0.15, 0.2) is 41.2 Å². The molecule has 4 rings (SSSR count). The summed E-state index contributed by atoms with van der Waals surface area (Å²) in [5.41, 5.74) is 2.58. The molecule has 3 aromatic rings. The van der Waals surface area contributed by atoms with Crippen LogP contribution in [0.1, 0.15) is 52.3 Å². The summed E-state index contributed by atoms with van der Waals surface area (Å²) >= 11 is 12.4. The molecule has 170 valence electrons. The molecule has 1 aromatic heterocycles. The molecule has 0 bridgehead atoms. The van der Waals surface area contributed by atoms with Crippen LogP contribution in [0.4, 0.5) is 0 Å². The Morgan fingerprint density at radius 1 is 1.03 bits per heavy atom. The molecule has 0 unspecified atom stereocenters. The lowest BCUT2D eigenvalue weighted by Crippen LogP contribution is -2.42. The summed E-state index contributed by atoms with van der Waals surface area (Å²) in [6.45, 7) is 11.6. The Labute approximate surface area is 200 Å². The number of likely N-dealkylation sites (tertiary alicyclic amines) is 1. The standard InChI is InChI=1S/C26H31Cl2N3O/c1-16(2)25-29-24-8-7-19(20-10-21(27)13-22(28)11-20)12-23(24)26(32)31(25)15-18-6-5-9-30(14-18)17(3)4/h7-8,10-13,16-18H,5-6,9,14-15H2,1-4H3/t18-/m0/s1. The minimum Gasteiger partial charge on any atom is -0.301 e. The fourth-order valence-electron chi connectivity index (χ4n) is 4.73. The minimum atomic E-state index is 0.0374. The van der Waals surface area contributed by atoms with Crippen molar-refractivity contribution in [2.24, 2.45) is 5.92 Å². The maximum atomic E-state index is 13.7. The van der Waals surface area contributed by atoms with E-state index in [4.69, 9.17) is 28.2 Å². The normalized spacial score (nSPS) is 17.6. The van der Waals surface area contributed by atoms with Crippen molar-refractivity contribution >= 4 is 34.1 Å². The van der Waals surface area contributed by atoms with E-state index in [2.05, 4.69) is 32.6 Å². The number of hydrogen-bond acceptors (Lipinski definition) is 3. The molecule has 0 radical (unpaired) electrons. The second-order valence-electron chi connectivity index (χ2n) is 9.53. The summed E-state index contributed by atoms with van der Waals surface area (Å²) in [6.07, 6.45) is 2.32. The largest absolute Gasteiger partial charge is 0.301 e. The number of rotatable bonds is 5. The van der Waals surface area contributed by atoms with E-state index in [0.717, 1.165) is 42.0 Å². The van der Waals surface area contributed by atoms with Crippen molar-refractivity contribution in [2.75, 3.05) is 13.1 Å². The van der Waals surface area contributed by atoms with Gasteiger partial charge in [0, 0.05) is 35.1 Å². The van der Waals surface area contributed by atoms with Crippen molar-refractivity contribution in [3.05, 3.63) is 62.6 Å². The highest BCUT2D eigenvalue weighted by atomic mass is 35.5. The Balaban J connectivity index is 1.78. The number of nitrogens with zero attached hydrogens (tertiary/aromatic N) is 3. The van der Waals surface area contributed by atoms with Crippen LogP contribution < -0.4 is 5.56 Å². The topological polar surface area (TPSA) is 38.1 Å². The molecule has 0 amide bonds. The SMILES string of the molecule is CC(C)c1nc2ccc(-c3cc(Cl)cc(Cl)c3)cc2c(=O)n1C[C@H]1CCCN(C(C)C)C1. The summed E-state index contributed by atoms with van der Waals surface area (Å²) in [4.78, 5) is 21.2. The molecule has 0 aliphatic carbocycles. The summed E-state index contributed by atoms with van der Waals surface area (Å²) in [7, 11) is 0. The highest BCUT2D eigenvalue weighted by molar-refractivity contribution is 6.35. The molecule has 1 aliphatic heterocycles. The van der Waals surface area contributed by atoms with Gasteiger partial charge in [0.1, 0.15) is 5.82 Å². The van der Waals surface area contributed by atoms with Crippen LogP contribution in [0.2, 0.25) is 10.0 Å². The molecule has 0 spiro atoms. The first-order valence-electron chi connectivity index (χ1n) is 11.5. The summed E-state index contributed by atoms with van der Waals surface area (Å²) in [5, 5.41) is 1.79. The second-order valence-corrected chi connectivity index (χ2v) is 10.4. The van der Waals surface area contributed by atoms with Gasteiger partial charge in [-0.15, -0.1) is 0 Å². The number of fused-ring (bicyclic) bond motifs is 1. The van der Waals surface area contributed by atoms with E-state index in [1.807, 2.05) is 34.9 Å². The first-order valence-corrected chi connectivity index (χ1v) is 12.2. The number of piperidine rings is 1. The first-order chi connectivity index (χ1) is 15.2. The molecule has 6 heteroatoms. The molecule has 32 heavy (non-hydrogen) atoms. The highest BCUT2D eigenvalue weighted by Crippen LogP contribution is 2.29. The molecule has 1 atom stereocenters. The van der Waals surface area contributed by atoms with Gasteiger partial charge in [-0.05, 0) is 80.6 Å². The maximum Gasteiger partial charge on any atom is 0.261 e. The monoisotopic (exact) mass is 471 g/mol. The number of aromatic nitrogens is 2. The average molecular weight is 472 g/mol. The zero-order valence-corrected chi connectivity index (χ0v) is 20.7. The van der Waals surface area contributed by atoms with Gasteiger partial charge in [-0.1, -0.05) is 43.1 Å². The Morgan fingerprint density at radius 3 is 2.41 bits per heavy atom. The van der Waals surface area contributed by atoms with Crippen LogP contribution in [0.5, 0.6) is 0 Å². The van der Waals surface area contributed by atoms with E-state index < -0.39 is 0 Å². The van der Waals surface area contributed by atoms with Crippen molar-refractivity contribution in [1.29, 1.82) is 0 Å². The lowest BCUT2D eigenvalue weighted by molar-refractivity contribution is 0.129. The van der Waals surface area contributed by atoms with Crippen molar-refractivity contribution in [2.45, 2.75) is 59.0 Å². The van der Waals surface area contributed by atoms with Gasteiger partial charge in [-0.2, -0.15) is 0 Å². The van der Waals surface area contributed by atoms with Crippen LogP contribution in [0.3, 0.4) is 0 Å². The van der Waals surface area contributed by atoms with Gasteiger partial charge < -0.3 is 4.90 Å². The molecule has 2 heterocycles. The minimum absolute atomic E-state index is 0.0374.